The molecule has 2 N–H and O–H groups in total. The molecule has 0 aromatic carbocycles. The van der Waals surface area contributed by atoms with E-state index in [0.29, 0.717) is 5.31 Å². The number of nitrogens with one attached hydrogen (secondary N) is 2. The standard InChI is InChI=1S/C9H19N2O4P.C7H17N2O4P.C2H6.I2/c1-7-8(16(12,14-5)15-6)9(13-4)11(3)10(7)2;1-5-6(7(11-2)9-8-5)14(10,12-3)13-4;2*1-2/h9H,1-6H3;5-9H,1-4H3;1-2H3;. The lowest BCUT2D eigenvalue weighted by Gasteiger charge is -2.27. The van der Waals surface area contributed by atoms with Crippen LogP contribution in [0.3, 0.4) is 0 Å². The number of likely N-dealkylation sites (N-methyl/N-ethyl adjacent to an activating group) is 1. The fourth-order valence-corrected chi connectivity index (χ4v) is 6.80. The second-order valence-electron chi connectivity index (χ2n) is 6.65. The second-order valence-corrected chi connectivity index (χ2v) is 11.3. The van der Waals surface area contributed by atoms with E-state index in [4.69, 9.17) is 27.6 Å². The van der Waals surface area contributed by atoms with Crippen molar-refractivity contribution in [3.8, 4) is 0 Å². The molecule has 16 heteroatoms. The van der Waals surface area contributed by atoms with Gasteiger partial charge in [0.1, 0.15) is 17.2 Å². The second kappa shape index (κ2) is 18.4. The highest BCUT2D eigenvalue weighted by molar-refractivity contribution is 15.0. The van der Waals surface area contributed by atoms with Gasteiger partial charge in [-0.15, -0.1) is 0 Å². The van der Waals surface area contributed by atoms with Crippen molar-refractivity contribution < 1.29 is 36.7 Å². The first-order valence-corrected chi connectivity index (χ1v) is 19.8. The zero-order valence-corrected chi connectivity index (χ0v) is 28.2. The van der Waals surface area contributed by atoms with E-state index in [-0.39, 0.29) is 17.9 Å². The molecule has 0 aromatic heterocycles. The van der Waals surface area contributed by atoms with Gasteiger partial charge in [0, 0.05) is 106 Å². The number of ether oxygens (including phenoxy) is 2. The molecule has 2 aliphatic rings. The number of hydrogen-bond donors (Lipinski definition) is 2. The third-order valence-corrected chi connectivity index (χ3v) is 9.87. The highest BCUT2D eigenvalue weighted by Crippen LogP contribution is 2.60. The van der Waals surface area contributed by atoms with Crippen LogP contribution < -0.4 is 10.9 Å². The summed E-state index contributed by atoms with van der Waals surface area (Å²) in [6.45, 7) is 7.75. The molecule has 0 amide bonds. The topological polar surface area (TPSA) is 120 Å². The quantitative estimate of drug-likeness (QED) is 0.267. The minimum Gasteiger partial charge on any atom is -0.364 e. The lowest BCUT2D eigenvalue weighted by atomic mass is 10.2. The average Bonchev–Trinajstić information content (AvgIpc) is 3.38. The first kappa shape index (κ1) is 37.3. The van der Waals surface area contributed by atoms with Crippen LogP contribution in [0.4, 0.5) is 0 Å². The molecule has 2 heterocycles. The van der Waals surface area contributed by atoms with Crippen molar-refractivity contribution in [1.29, 1.82) is 0 Å². The summed E-state index contributed by atoms with van der Waals surface area (Å²) < 4.78 is 54.9. The molecule has 2 aliphatic heterocycles. The predicted octanol–water partition coefficient (Wildman–Crippen LogP) is 4.58. The summed E-state index contributed by atoms with van der Waals surface area (Å²) in [7, 11) is 5.94. The number of methoxy groups -OCH3 is 2. The average molecular weight is 758 g/mol. The molecule has 0 spiro atoms. The van der Waals surface area contributed by atoms with E-state index in [1.54, 1.807) is 14.2 Å². The Labute approximate surface area is 228 Å². The minimum absolute atomic E-state index is 0.0364. The van der Waals surface area contributed by atoms with Crippen LogP contribution in [0, 0.1) is 0 Å². The van der Waals surface area contributed by atoms with Crippen LogP contribution in [-0.2, 0) is 36.7 Å². The Morgan fingerprint density at radius 1 is 0.853 bits per heavy atom. The fraction of sp³-hybridized carbons (Fsp3) is 0.889. The Bertz CT molecular complexity index is 691. The maximum Gasteiger partial charge on any atom is 0.362 e. The number of rotatable bonds is 8. The van der Waals surface area contributed by atoms with Crippen LogP contribution in [0.25, 0.3) is 0 Å². The summed E-state index contributed by atoms with van der Waals surface area (Å²) >= 11 is 4.24. The summed E-state index contributed by atoms with van der Waals surface area (Å²) in [4.78, 5) is 0. The summed E-state index contributed by atoms with van der Waals surface area (Å²) in [6.07, 6.45) is -0.786. The molecule has 4 atom stereocenters. The van der Waals surface area contributed by atoms with Crippen molar-refractivity contribution in [2.24, 2.45) is 0 Å². The number of halogens is 2. The van der Waals surface area contributed by atoms with Crippen molar-refractivity contribution in [3.05, 3.63) is 11.0 Å². The highest BCUT2D eigenvalue weighted by atomic mass is 128. The first-order chi connectivity index (χ1) is 16.0. The molecular formula is C18H42I2N4O8P2. The molecule has 2 rings (SSSR count). The van der Waals surface area contributed by atoms with E-state index < -0.39 is 21.4 Å². The highest BCUT2D eigenvalue weighted by Gasteiger charge is 2.48. The van der Waals surface area contributed by atoms with Crippen LogP contribution in [-0.4, -0.2) is 90.9 Å². The lowest BCUT2D eigenvalue weighted by molar-refractivity contribution is -0.0640. The molecule has 1 fully saturated rings. The third-order valence-electron chi connectivity index (χ3n) is 5.31. The van der Waals surface area contributed by atoms with Crippen LogP contribution >= 0.6 is 52.4 Å². The largest absolute Gasteiger partial charge is 0.364 e. The van der Waals surface area contributed by atoms with E-state index in [0.717, 1.165) is 5.70 Å². The van der Waals surface area contributed by atoms with Crippen LogP contribution in [0.1, 0.15) is 27.7 Å². The van der Waals surface area contributed by atoms with Gasteiger partial charge in [-0.1, -0.05) is 13.8 Å². The van der Waals surface area contributed by atoms with Crippen LogP contribution in [0.5, 0.6) is 0 Å². The molecule has 0 radical (unpaired) electrons. The molecule has 1 saturated heterocycles. The van der Waals surface area contributed by atoms with E-state index >= 15 is 0 Å². The van der Waals surface area contributed by atoms with Crippen LogP contribution in [0.2, 0.25) is 0 Å². The molecule has 12 nitrogen and oxygen atoms in total. The van der Waals surface area contributed by atoms with Crippen molar-refractivity contribution in [3.63, 3.8) is 0 Å². The molecule has 206 valence electrons. The Hall–Kier alpha value is 1.10. The zero-order chi connectivity index (χ0) is 27.3. The maximum atomic E-state index is 12.4. The summed E-state index contributed by atoms with van der Waals surface area (Å²) in [5.74, 6) is 0. The smallest absolute Gasteiger partial charge is 0.362 e. The number of nitrogens with zero attached hydrogens (tertiary/aromatic N) is 2. The maximum absolute atomic E-state index is 12.4. The number of hydrogen-bond acceptors (Lipinski definition) is 12. The Kier molecular flexibility index (Phi) is 20.1. The molecule has 0 aliphatic carbocycles. The van der Waals surface area contributed by atoms with Gasteiger partial charge in [0.2, 0.25) is 0 Å². The number of hydrazine groups is 2. The number of allylic oxidation sites excluding steroid dienone is 1. The molecule has 0 aromatic rings. The molecule has 0 bridgehead atoms. The van der Waals surface area contributed by atoms with Crippen molar-refractivity contribution in [2.75, 3.05) is 56.8 Å². The minimum atomic E-state index is -3.26. The van der Waals surface area contributed by atoms with E-state index in [9.17, 15) is 9.13 Å². The molecular weight excluding hydrogens is 716 g/mol. The van der Waals surface area contributed by atoms with Gasteiger partial charge < -0.3 is 32.6 Å². The monoisotopic (exact) mass is 758 g/mol. The third kappa shape index (κ3) is 8.84. The normalized spacial score (nSPS) is 25.2. The van der Waals surface area contributed by atoms with Crippen LogP contribution in [0.15, 0.2) is 11.0 Å². The fourth-order valence-electron chi connectivity index (χ4n) is 3.39. The Balaban J connectivity index is 0. The van der Waals surface area contributed by atoms with Gasteiger partial charge in [0.05, 0.1) is 0 Å². The Morgan fingerprint density at radius 2 is 1.32 bits per heavy atom. The summed E-state index contributed by atoms with van der Waals surface area (Å²) in [5.41, 5.74) is 6.29. The predicted molar refractivity (Wildman–Crippen MR) is 152 cm³/mol. The van der Waals surface area contributed by atoms with E-state index in [2.05, 4.69) is 48.1 Å². The summed E-state index contributed by atoms with van der Waals surface area (Å²) in [6, 6.07) is -0.0364. The molecule has 4 unspecified atom stereocenters. The van der Waals surface area contributed by atoms with Gasteiger partial charge in [-0.25, -0.2) is 5.43 Å². The van der Waals surface area contributed by atoms with Gasteiger partial charge in [-0.2, -0.15) is 5.01 Å². The summed E-state index contributed by atoms with van der Waals surface area (Å²) in [5, 5.41) is 4.23. The lowest BCUT2D eigenvalue weighted by Crippen LogP contribution is -2.37. The SMILES string of the molecule is CC.COC1C(P(=O)(OC)OC)=C(C)N(C)N1C.COC1NNC(C)C1P(=O)(OC)OC.II. The van der Waals surface area contributed by atoms with Gasteiger partial charge in [0.25, 0.3) is 0 Å². The van der Waals surface area contributed by atoms with Crippen molar-refractivity contribution in [2.45, 2.75) is 51.9 Å². The van der Waals surface area contributed by atoms with Gasteiger partial charge in [-0.05, 0) is 13.8 Å². The van der Waals surface area contributed by atoms with Gasteiger partial charge >= 0.3 is 15.2 Å². The Morgan fingerprint density at radius 3 is 1.68 bits per heavy atom. The zero-order valence-electron chi connectivity index (χ0n) is 22.1. The van der Waals surface area contributed by atoms with Gasteiger partial charge in [-0.3, -0.25) is 14.6 Å². The van der Waals surface area contributed by atoms with Gasteiger partial charge in [0.15, 0.2) is 6.23 Å². The molecule has 34 heavy (non-hydrogen) atoms. The van der Waals surface area contributed by atoms with Crippen molar-refractivity contribution in [1.82, 2.24) is 20.9 Å². The van der Waals surface area contributed by atoms with E-state index in [1.807, 2.05) is 51.8 Å². The van der Waals surface area contributed by atoms with Crippen molar-refractivity contribution >= 4 is 52.4 Å². The first-order valence-electron chi connectivity index (χ1n) is 10.3. The molecule has 0 saturated carbocycles. The van der Waals surface area contributed by atoms with E-state index in [1.165, 1.54) is 28.4 Å².